The van der Waals surface area contributed by atoms with E-state index in [1.165, 1.54) is 0 Å². The zero-order valence-corrected chi connectivity index (χ0v) is 15.1. The Morgan fingerprint density at radius 3 is 2.48 bits per heavy atom. The lowest BCUT2D eigenvalue weighted by atomic mass is 10.1. The number of hydrogen-bond donors (Lipinski definition) is 2. The Hall–Kier alpha value is -2.54. The summed E-state index contributed by atoms with van der Waals surface area (Å²) in [5.41, 5.74) is 2.89. The fourth-order valence-corrected chi connectivity index (χ4v) is 3.93. The van der Waals surface area contributed by atoms with Gasteiger partial charge in [0, 0.05) is 13.1 Å². The number of hydrogen-bond acceptors (Lipinski definition) is 3. The van der Waals surface area contributed by atoms with Crippen LogP contribution in [0.5, 0.6) is 0 Å². The van der Waals surface area contributed by atoms with Crippen LogP contribution in [0.4, 0.5) is 16.2 Å². The molecule has 1 heterocycles. The molecule has 1 aliphatic heterocycles. The van der Waals surface area contributed by atoms with Crippen molar-refractivity contribution in [1.82, 2.24) is 5.32 Å². The molecule has 0 radical (unpaired) electrons. The van der Waals surface area contributed by atoms with Crippen molar-refractivity contribution >= 4 is 27.4 Å². The van der Waals surface area contributed by atoms with Gasteiger partial charge in [0.25, 0.3) is 10.0 Å². The van der Waals surface area contributed by atoms with Crippen molar-refractivity contribution in [2.75, 3.05) is 22.7 Å². The average molecular weight is 359 g/mol. The maximum Gasteiger partial charge on any atom is 0.321 e. The smallest absolute Gasteiger partial charge is 0.321 e. The molecule has 3 rings (SSSR count). The predicted octanol–water partition coefficient (Wildman–Crippen LogP) is 3.02. The second-order valence-corrected chi connectivity index (χ2v) is 7.79. The first-order valence-corrected chi connectivity index (χ1v) is 9.61. The third-order valence-electron chi connectivity index (χ3n) is 4.25. The van der Waals surface area contributed by atoms with Crippen molar-refractivity contribution in [3.8, 4) is 0 Å². The van der Waals surface area contributed by atoms with Crippen molar-refractivity contribution < 1.29 is 13.2 Å². The van der Waals surface area contributed by atoms with E-state index in [9.17, 15) is 13.2 Å². The monoisotopic (exact) mass is 359 g/mol. The maximum atomic E-state index is 12.6. The van der Waals surface area contributed by atoms with Crippen LogP contribution in [0.3, 0.4) is 0 Å². The van der Waals surface area contributed by atoms with E-state index in [1.54, 1.807) is 41.3 Å². The van der Waals surface area contributed by atoms with E-state index < -0.39 is 10.0 Å². The third kappa shape index (κ3) is 3.61. The van der Waals surface area contributed by atoms with Gasteiger partial charge in [0.2, 0.25) is 0 Å². The standard InChI is InChI=1S/C18H21N3O3S/c1-13-7-9-15(10-8-13)25(23,24)20-16-5-3-6-17(14(16)2)21-12-4-11-19-18(21)22/h3,5-10,20H,4,11-12H2,1-2H3,(H,19,22). The van der Waals surface area contributed by atoms with Gasteiger partial charge in [0.05, 0.1) is 16.3 Å². The summed E-state index contributed by atoms with van der Waals surface area (Å²) >= 11 is 0. The Kier molecular flexibility index (Phi) is 4.67. The number of urea groups is 1. The number of carbonyl (C=O) groups excluding carboxylic acids is 1. The molecule has 2 aromatic carbocycles. The second-order valence-electron chi connectivity index (χ2n) is 6.11. The molecule has 0 bridgehead atoms. The molecule has 0 unspecified atom stereocenters. The number of anilines is 2. The van der Waals surface area contributed by atoms with Gasteiger partial charge in [0.15, 0.2) is 0 Å². The van der Waals surface area contributed by atoms with E-state index in [1.807, 2.05) is 19.9 Å². The minimum atomic E-state index is -3.68. The summed E-state index contributed by atoms with van der Waals surface area (Å²) in [6, 6.07) is 11.8. The number of aryl methyl sites for hydroxylation is 1. The lowest BCUT2D eigenvalue weighted by Crippen LogP contribution is -2.46. The number of nitrogens with one attached hydrogen (secondary N) is 2. The van der Waals surface area contributed by atoms with Crippen LogP contribution in [0.1, 0.15) is 17.5 Å². The van der Waals surface area contributed by atoms with Crippen LogP contribution in [0.2, 0.25) is 0 Å². The first-order valence-electron chi connectivity index (χ1n) is 8.13. The van der Waals surface area contributed by atoms with Gasteiger partial charge >= 0.3 is 6.03 Å². The Morgan fingerprint density at radius 2 is 1.80 bits per heavy atom. The van der Waals surface area contributed by atoms with Crippen LogP contribution in [-0.2, 0) is 10.0 Å². The van der Waals surface area contributed by atoms with Gasteiger partial charge in [-0.2, -0.15) is 0 Å². The highest BCUT2D eigenvalue weighted by Crippen LogP contribution is 2.29. The molecule has 2 N–H and O–H groups in total. The molecule has 6 nitrogen and oxygen atoms in total. The number of sulfonamides is 1. The third-order valence-corrected chi connectivity index (χ3v) is 5.63. The van der Waals surface area contributed by atoms with Crippen LogP contribution in [0, 0.1) is 13.8 Å². The van der Waals surface area contributed by atoms with E-state index in [-0.39, 0.29) is 10.9 Å². The first kappa shape index (κ1) is 17.3. The molecule has 0 saturated carbocycles. The average Bonchev–Trinajstić information content (AvgIpc) is 2.58. The van der Waals surface area contributed by atoms with Gasteiger partial charge in [-0.1, -0.05) is 23.8 Å². The lowest BCUT2D eigenvalue weighted by molar-refractivity contribution is 0.243. The molecule has 7 heteroatoms. The van der Waals surface area contributed by atoms with Crippen molar-refractivity contribution in [3.05, 3.63) is 53.6 Å². The van der Waals surface area contributed by atoms with Gasteiger partial charge < -0.3 is 5.32 Å². The van der Waals surface area contributed by atoms with Crippen molar-refractivity contribution in [2.24, 2.45) is 0 Å². The quantitative estimate of drug-likeness (QED) is 0.881. The summed E-state index contributed by atoms with van der Waals surface area (Å²) in [4.78, 5) is 13.9. The van der Waals surface area contributed by atoms with Gasteiger partial charge in [-0.3, -0.25) is 9.62 Å². The fourth-order valence-electron chi connectivity index (χ4n) is 2.81. The fraction of sp³-hybridized carbons (Fsp3) is 0.278. The second kappa shape index (κ2) is 6.76. The van der Waals surface area contributed by atoms with Gasteiger partial charge in [-0.15, -0.1) is 0 Å². The largest absolute Gasteiger partial charge is 0.338 e. The van der Waals surface area contributed by atoms with Crippen LogP contribution >= 0.6 is 0 Å². The number of carbonyl (C=O) groups is 1. The summed E-state index contributed by atoms with van der Waals surface area (Å²) in [6.07, 6.45) is 0.852. The van der Waals surface area contributed by atoms with Gasteiger partial charge in [0.1, 0.15) is 0 Å². The topological polar surface area (TPSA) is 78.5 Å². The Bertz CT molecular complexity index is 892. The zero-order chi connectivity index (χ0) is 18.0. The lowest BCUT2D eigenvalue weighted by Gasteiger charge is -2.29. The van der Waals surface area contributed by atoms with Crippen molar-refractivity contribution in [2.45, 2.75) is 25.2 Å². The zero-order valence-electron chi connectivity index (χ0n) is 14.2. The number of nitrogens with zero attached hydrogens (tertiary/aromatic N) is 1. The summed E-state index contributed by atoms with van der Waals surface area (Å²) < 4.78 is 27.9. The molecular weight excluding hydrogens is 338 g/mol. The molecule has 0 aliphatic carbocycles. The van der Waals surface area contributed by atoms with Crippen LogP contribution in [0.25, 0.3) is 0 Å². The molecule has 25 heavy (non-hydrogen) atoms. The molecule has 0 atom stereocenters. The molecule has 2 amide bonds. The van der Waals surface area contributed by atoms with Crippen LogP contribution in [0.15, 0.2) is 47.4 Å². The maximum absolute atomic E-state index is 12.6. The van der Waals surface area contributed by atoms with E-state index in [2.05, 4.69) is 10.0 Å². The van der Waals surface area contributed by atoms with Crippen LogP contribution < -0.4 is 14.9 Å². The highest BCUT2D eigenvalue weighted by atomic mass is 32.2. The summed E-state index contributed by atoms with van der Waals surface area (Å²) in [6.45, 7) is 4.99. The Labute approximate surface area is 147 Å². The number of rotatable bonds is 4. The van der Waals surface area contributed by atoms with E-state index >= 15 is 0 Å². The number of benzene rings is 2. The molecule has 0 aromatic heterocycles. The summed E-state index contributed by atoms with van der Waals surface area (Å²) in [7, 11) is -3.68. The normalized spacial score (nSPS) is 15.0. The minimum Gasteiger partial charge on any atom is -0.338 e. The molecule has 132 valence electrons. The first-order chi connectivity index (χ1) is 11.9. The summed E-state index contributed by atoms with van der Waals surface area (Å²) in [5, 5.41) is 2.80. The highest BCUT2D eigenvalue weighted by Gasteiger charge is 2.23. The molecule has 0 spiro atoms. The summed E-state index contributed by atoms with van der Waals surface area (Å²) in [5.74, 6) is 0. The molecule has 1 saturated heterocycles. The molecular formula is C18H21N3O3S. The molecule has 2 aromatic rings. The SMILES string of the molecule is Cc1ccc(S(=O)(=O)Nc2cccc(N3CCCNC3=O)c2C)cc1. The van der Waals surface area contributed by atoms with E-state index in [0.29, 0.717) is 24.5 Å². The highest BCUT2D eigenvalue weighted by molar-refractivity contribution is 7.92. The predicted molar refractivity (Wildman–Crippen MR) is 98.5 cm³/mol. The molecule has 1 fully saturated rings. The Balaban J connectivity index is 1.92. The van der Waals surface area contributed by atoms with Gasteiger partial charge in [-0.05, 0) is 50.1 Å². The Morgan fingerprint density at radius 1 is 1.08 bits per heavy atom. The van der Waals surface area contributed by atoms with Gasteiger partial charge in [-0.25, -0.2) is 13.2 Å². The van der Waals surface area contributed by atoms with E-state index in [0.717, 1.165) is 17.5 Å². The van der Waals surface area contributed by atoms with Crippen LogP contribution in [-0.4, -0.2) is 27.5 Å². The van der Waals surface area contributed by atoms with E-state index in [4.69, 9.17) is 0 Å². The van der Waals surface area contributed by atoms with Crippen molar-refractivity contribution in [1.29, 1.82) is 0 Å². The van der Waals surface area contributed by atoms with Crippen molar-refractivity contribution in [3.63, 3.8) is 0 Å². The number of amides is 2. The molecule has 1 aliphatic rings. The minimum absolute atomic E-state index is 0.159.